The van der Waals surface area contributed by atoms with E-state index in [1.807, 2.05) is 4.90 Å². The van der Waals surface area contributed by atoms with Gasteiger partial charge in [-0.2, -0.15) is 0 Å². The van der Waals surface area contributed by atoms with Crippen molar-refractivity contribution in [3.8, 4) is 0 Å². The van der Waals surface area contributed by atoms with Crippen LogP contribution >= 0.6 is 11.3 Å². The van der Waals surface area contributed by atoms with E-state index >= 15 is 0 Å². The van der Waals surface area contributed by atoms with Crippen molar-refractivity contribution in [3.05, 3.63) is 40.2 Å². The Balaban J connectivity index is 1.69. The minimum absolute atomic E-state index is 0.0685. The third-order valence-corrected chi connectivity index (χ3v) is 7.24. The van der Waals surface area contributed by atoms with Gasteiger partial charge in [-0.05, 0) is 61.1 Å². The third kappa shape index (κ3) is 3.62. The highest BCUT2D eigenvalue weighted by atomic mass is 32.1. The summed E-state index contributed by atoms with van der Waals surface area (Å²) in [4.78, 5) is 29.1. The standard InChI is InChI=1S/C22H28N2O3S/c1-22(2,3)14-8-9-15-17(13-14)28-20(23-19(25)16-7-6-12-27-16)18(15)21(26)24-10-4-5-11-24/h6-7,12,14H,4-5,8-11,13H2,1-3H3,(H,23,25). The van der Waals surface area contributed by atoms with Crippen LogP contribution in [0.3, 0.4) is 0 Å². The maximum Gasteiger partial charge on any atom is 0.291 e. The Labute approximate surface area is 170 Å². The number of hydrogen-bond acceptors (Lipinski definition) is 4. The molecule has 1 unspecified atom stereocenters. The summed E-state index contributed by atoms with van der Waals surface area (Å²) in [5.74, 6) is 0.617. The van der Waals surface area contributed by atoms with E-state index in [1.54, 1.807) is 23.5 Å². The highest BCUT2D eigenvalue weighted by Gasteiger charge is 2.35. The van der Waals surface area contributed by atoms with Gasteiger partial charge in [-0.3, -0.25) is 9.59 Å². The largest absolute Gasteiger partial charge is 0.459 e. The highest BCUT2D eigenvalue weighted by Crippen LogP contribution is 2.45. The molecule has 0 aromatic carbocycles. The number of carbonyl (C=O) groups is 2. The summed E-state index contributed by atoms with van der Waals surface area (Å²) in [6.45, 7) is 8.46. The summed E-state index contributed by atoms with van der Waals surface area (Å²) in [5, 5.41) is 3.65. The summed E-state index contributed by atoms with van der Waals surface area (Å²) < 4.78 is 5.23. The Morgan fingerprint density at radius 2 is 2.00 bits per heavy atom. The van der Waals surface area contributed by atoms with Gasteiger partial charge in [0, 0.05) is 18.0 Å². The summed E-state index contributed by atoms with van der Waals surface area (Å²) in [6.07, 6.45) is 6.55. The maximum absolute atomic E-state index is 13.3. The molecular weight excluding hydrogens is 372 g/mol. The molecule has 6 heteroatoms. The van der Waals surface area contributed by atoms with Crippen molar-refractivity contribution in [2.24, 2.45) is 11.3 Å². The van der Waals surface area contributed by atoms with Crippen LogP contribution in [0.25, 0.3) is 0 Å². The highest BCUT2D eigenvalue weighted by molar-refractivity contribution is 7.17. The predicted octanol–water partition coefficient (Wildman–Crippen LogP) is 4.98. The molecule has 1 atom stereocenters. The summed E-state index contributed by atoms with van der Waals surface area (Å²) in [6, 6.07) is 3.33. The molecule has 0 saturated carbocycles. The smallest absolute Gasteiger partial charge is 0.291 e. The van der Waals surface area contributed by atoms with Crippen LogP contribution in [0.4, 0.5) is 5.00 Å². The zero-order chi connectivity index (χ0) is 19.9. The zero-order valence-corrected chi connectivity index (χ0v) is 17.7. The fraction of sp³-hybridized carbons (Fsp3) is 0.545. The number of carbonyl (C=O) groups excluding carboxylic acids is 2. The molecule has 1 saturated heterocycles. The predicted molar refractivity (Wildman–Crippen MR) is 111 cm³/mol. The Morgan fingerprint density at radius 3 is 2.64 bits per heavy atom. The van der Waals surface area contributed by atoms with Gasteiger partial charge in [0.1, 0.15) is 5.00 Å². The molecule has 28 heavy (non-hydrogen) atoms. The van der Waals surface area contributed by atoms with Crippen molar-refractivity contribution in [3.63, 3.8) is 0 Å². The fourth-order valence-electron chi connectivity index (χ4n) is 4.29. The molecule has 2 aromatic rings. The van der Waals surface area contributed by atoms with Crippen molar-refractivity contribution in [1.82, 2.24) is 4.90 Å². The van der Waals surface area contributed by atoms with Crippen molar-refractivity contribution < 1.29 is 14.0 Å². The molecule has 1 aliphatic heterocycles. The van der Waals surface area contributed by atoms with Gasteiger partial charge < -0.3 is 14.6 Å². The number of fused-ring (bicyclic) bond motifs is 1. The number of rotatable bonds is 3. The maximum atomic E-state index is 13.3. The lowest BCUT2D eigenvalue weighted by atomic mass is 9.72. The van der Waals surface area contributed by atoms with Crippen LogP contribution in [0.2, 0.25) is 0 Å². The first-order valence-corrected chi connectivity index (χ1v) is 10.9. The molecule has 3 heterocycles. The average Bonchev–Trinajstić information content (AvgIpc) is 3.39. The molecule has 5 nitrogen and oxygen atoms in total. The van der Waals surface area contributed by atoms with Crippen molar-refractivity contribution >= 4 is 28.2 Å². The number of thiophene rings is 1. The summed E-state index contributed by atoms with van der Waals surface area (Å²) in [7, 11) is 0. The van der Waals surface area contributed by atoms with E-state index in [1.165, 1.54) is 11.1 Å². The zero-order valence-electron chi connectivity index (χ0n) is 16.8. The van der Waals surface area contributed by atoms with E-state index in [2.05, 4.69) is 26.1 Å². The van der Waals surface area contributed by atoms with E-state index < -0.39 is 0 Å². The van der Waals surface area contributed by atoms with Gasteiger partial charge in [0.05, 0.1) is 11.8 Å². The topological polar surface area (TPSA) is 62.6 Å². The number of likely N-dealkylation sites (tertiary alicyclic amines) is 1. The molecule has 2 amide bonds. The fourth-order valence-corrected chi connectivity index (χ4v) is 5.60. The van der Waals surface area contributed by atoms with E-state index in [9.17, 15) is 9.59 Å². The third-order valence-electron chi connectivity index (χ3n) is 6.07. The van der Waals surface area contributed by atoms with Crippen LogP contribution in [-0.2, 0) is 12.8 Å². The van der Waals surface area contributed by atoms with Gasteiger partial charge in [0.2, 0.25) is 0 Å². The lowest BCUT2D eigenvalue weighted by Gasteiger charge is -2.34. The van der Waals surface area contributed by atoms with Crippen LogP contribution in [0.15, 0.2) is 22.8 Å². The van der Waals surface area contributed by atoms with Crippen molar-refractivity contribution in [2.45, 2.75) is 52.9 Å². The minimum Gasteiger partial charge on any atom is -0.459 e. The Hall–Kier alpha value is -2.08. The van der Waals surface area contributed by atoms with Crippen molar-refractivity contribution in [2.75, 3.05) is 18.4 Å². The van der Waals surface area contributed by atoms with Gasteiger partial charge in [-0.25, -0.2) is 0 Å². The van der Waals surface area contributed by atoms with Gasteiger partial charge >= 0.3 is 0 Å². The normalized spacial score (nSPS) is 19.5. The van der Waals surface area contributed by atoms with Gasteiger partial charge in [0.15, 0.2) is 5.76 Å². The van der Waals surface area contributed by atoms with Crippen LogP contribution in [0, 0.1) is 11.3 Å². The molecule has 150 valence electrons. The van der Waals surface area contributed by atoms with Crippen molar-refractivity contribution in [1.29, 1.82) is 0 Å². The monoisotopic (exact) mass is 400 g/mol. The molecular formula is C22H28N2O3S. The minimum atomic E-state index is -0.300. The second-order valence-corrected chi connectivity index (χ2v) is 10.0. The Kier molecular flexibility index (Phi) is 5.08. The SMILES string of the molecule is CC(C)(C)C1CCc2c(sc(NC(=O)c3ccco3)c2C(=O)N2CCCC2)C1. The summed E-state index contributed by atoms with van der Waals surface area (Å²) in [5.41, 5.74) is 2.10. The van der Waals surface area contributed by atoms with E-state index in [0.717, 1.165) is 50.8 Å². The Bertz CT molecular complexity index is 870. The van der Waals surface area contributed by atoms with Crippen LogP contribution in [0.1, 0.15) is 71.4 Å². The second-order valence-electron chi connectivity index (χ2n) is 8.94. The van der Waals surface area contributed by atoms with E-state index in [-0.39, 0.29) is 23.0 Å². The molecule has 2 aliphatic rings. The quantitative estimate of drug-likeness (QED) is 0.790. The summed E-state index contributed by atoms with van der Waals surface area (Å²) >= 11 is 1.57. The number of amides is 2. The molecule has 1 fully saturated rings. The molecule has 4 rings (SSSR count). The number of nitrogens with zero attached hydrogens (tertiary/aromatic N) is 1. The molecule has 0 spiro atoms. The van der Waals surface area contributed by atoms with Gasteiger partial charge in [-0.15, -0.1) is 11.3 Å². The van der Waals surface area contributed by atoms with Crippen LogP contribution in [-0.4, -0.2) is 29.8 Å². The number of furan rings is 1. The van der Waals surface area contributed by atoms with E-state index in [4.69, 9.17) is 4.42 Å². The lowest BCUT2D eigenvalue weighted by molar-refractivity contribution is 0.0792. The number of anilines is 1. The average molecular weight is 401 g/mol. The molecule has 1 aliphatic carbocycles. The Morgan fingerprint density at radius 1 is 1.25 bits per heavy atom. The molecule has 2 aromatic heterocycles. The van der Waals surface area contributed by atoms with E-state index in [0.29, 0.717) is 16.5 Å². The first-order valence-electron chi connectivity index (χ1n) is 10.1. The van der Waals surface area contributed by atoms with Gasteiger partial charge in [0.25, 0.3) is 11.8 Å². The molecule has 1 N–H and O–H groups in total. The van der Waals surface area contributed by atoms with Crippen LogP contribution < -0.4 is 5.32 Å². The second kappa shape index (κ2) is 7.39. The number of hydrogen-bond donors (Lipinski definition) is 1. The van der Waals surface area contributed by atoms with Gasteiger partial charge in [-0.1, -0.05) is 20.8 Å². The first-order chi connectivity index (χ1) is 13.3. The van der Waals surface area contributed by atoms with Crippen LogP contribution in [0.5, 0.6) is 0 Å². The molecule has 0 bridgehead atoms. The lowest BCUT2D eigenvalue weighted by Crippen LogP contribution is -2.30. The first kappa shape index (κ1) is 19.2. The number of nitrogens with one attached hydrogen (secondary N) is 1. The molecule has 0 radical (unpaired) electrons.